The van der Waals surface area contributed by atoms with E-state index in [9.17, 15) is 0 Å². The third-order valence-electron chi connectivity index (χ3n) is 4.03. The van der Waals surface area contributed by atoms with E-state index in [1.807, 2.05) is 0 Å². The topological polar surface area (TPSA) is 6.48 Å². The van der Waals surface area contributed by atoms with Crippen LogP contribution in [0.3, 0.4) is 0 Å². The van der Waals surface area contributed by atoms with Gasteiger partial charge in [-0.3, -0.25) is 0 Å². The highest BCUT2D eigenvalue weighted by Gasteiger charge is 2.24. The van der Waals surface area contributed by atoms with Gasteiger partial charge in [0.25, 0.3) is 0 Å². The second-order valence-corrected chi connectivity index (χ2v) is 5.81. The minimum absolute atomic E-state index is 0.647. The number of hydrogen-bond donors (Lipinski definition) is 0. The summed E-state index contributed by atoms with van der Waals surface area (Å²) in [4.78, 5) is 5.13. The van der Waals surface area contributed by atoms with Crippen LogP contribution in [0.4, 0.5) is 0 Å². The van der Waals surface area contributed by atoms with Gasteiger partial charge in [-0.1, -0.05) is 52.9 Å². The Morgan fingerprint density at radius 1 is 0.684 bits per heavy atom. The lowest BCUT2D eigenvalue weighted by molar-refractivity contribution is 0.137. The van der Waals surface area contributed by atoms with Crippen molar-refractivity contribution >= 4 is 0 Å². The summed E-state index contributed by atoms with van der Waals surface area (Å²) in [7, 11) is 0. The van der Waals surface area contributed by atoms with Crippen molar-refractivity contribution in [1.82, 2.24) is 9.80 Å². The molecule has 0 fully saturated rings. The maximum absolute atomic E-state index is 2.58. The van der Waals surface area contributed by atoms with Crippen molar-refractivity contribution in [2.45, 2.75) is 84.7 Å². The number of rotatable bonds is 11. The van der Waals surface area contributed by atoms with E-state index in [0.717, 1.165) is 0 Å². The number of nitrogens with zero attached hydrogens (tertiary/aromatic N) is 2. The molecule has 1 rings (SSSR count). The largest absolute Gasteiger partial charge is 0.356 e. The van der Waals surface area contributed by atoms with E-state index in [2.05, 4.69) is 43.0 Å². The Hall–Kier alpha value is -0.660. The van der Waals surface area contributed by atoms with Gasteiger partial charge in [-0.2, -0.15) is 0 Å². The Kier molecular flexibility index (Phi) is 8.77. The lowest BCUT2D eigenvalue weighted by Crippen LogP contribution is -2.39. The van der Waals surface area contributed by atoms with Gasteiger partial charge in [-0.15, -0.1) is 0 Å². The third-order valence-corrected chi connectivity index (χ3v) is 4.03. The molecule has 0 amide bonds. The van der Waals surface area contributed by atoms with Gasteiger partial charge in [0.15, 0.2) is 0 Å². The van der Waals surface area contributed by atoms with E-state index in [1.165, 1.54) is 70.9 Å². The fourth-order valence-corrected chi connectivity index (χ4v) is 2.90. The highest BCUT2D eigenvalue weighted by atomic mass is 15.4. The molecule has 2 nitrogen and oxygen atoms in total. The average molecular weight is 266 g/mol. The molecule has 0 bridgehead atoms. The van der Waals surface area contributed by atoms with Crippen molar-refractivity contribution in [2.24, 2.45) is 0 Å². The van der Waals surface area contributed by atoms with Crippen LogP contribution in [0.5, 0.6) is 0 Å². The summed E-state index contributed by atoms with van der Waals surface area (Å²) in [6.07, 6.45) is 17.4. The van der Waals surface area contributed by atoms with Gasteiger partial charge in [-0.25, -0.2) is 0 Å². The van der Waals surface area contributed by atoms with Gasteiger partial charge in [-0.05, 0) is 25.7 Å². The first-order valence-electron chi connectivity index (χ1n) is 8.53. The zero-order valence-corrected chi connectivity index (χ0v) is 13.4. The molecule has 0 saturated heterocycles. The molecule has 0 radical (unpaired) electrons. The summed E-state index contributed by atoms with van der Waals surface area (Å²) >= 11 is 0. The van der Waals surface area contributed by atoms with Crippen LogP contribution in [0.2, 0.25) is 0 Å². The first-order chi connectivity index (χ1) is 9.33. The van der Waals surface area contributed by atoms with Gasteiger partial charge < -0.3 is 9.80 Å². The standard InChI is InChI=1S/C17H34N2/c1-4-7-9-10-12-17-18(13-6-3)15-16-19(17)14-11-8-5-2/h15-17H,4-14H2,1-3H3. The second kappa shape index (κ2) is 10.2. The van der Waals surface area contributed by atoms with Crippen LogP contribution in [-0.4, -0.2) is 29.1 Å². The van der Waals surface area contributed by atoms with Crippen molar-refractivity contribution in [2.75, 3.05) is 13.1 Å². The highest BCUT2D eigenvalue weighted by Crippen LogP contribution is 2.22. The second-order valence-electron chi connectivity index (χ2n) is 5.81. The van der Waals surface area contributed by atoms with Gasteiger partial charge in [0.05, 0.1) is 0 Å². The Balaban J connectivity index is 2.37. The molecule has 0 saturated carbocycles. The van der Waals surface area contributed by atoms with Crippen LogP contribution < -0.4 is 0 Å². The minimum atomic E-state index is 0.647. The molecule has 0 spiro atoms. The zero-order valence-electron chi connectivity index (χ0n) is 13.4. The summed E-state index contributed by atoms with van der Waals surface area (Å²) in [6.45, 7) is 9.30. The smallest absolute Gasteiger partial charge is 0.101 e. The molecule has 19 heavy (non-hydrogen) atoms. The predicted octanol–water partition coefficient (Wildman–Crippen LogP) is 4.97. The van der Waals surface area contributed by atoms with Crippen LogP contribution in [0.1, 0.15) is 78.6 Å². The molecule has 0 aliphatic carbocycles. The van der Waals surface area contributed by atoms with Crippen molar-refractivity contribution in [3.8, 4) is 0 Å². The zero-order chi connectivity index (χ0) is 13.9. The van der Waals surface area contributed by atoms with Crippen LogP contribution >= 0.6 is 0 Å². The fraction of sp³-hybridized carbons (Fsp3) is 0.882. The SMILES string of the molecule is CCCCCCC1N(CCC)C=CN1CCCCC. The van der Waals surface area contributed by atoms with Crippen molar-refractivity contribution in [3.63, 3.8) is 0 Å². The molecule has 1 aliphatic heterocycles. The Labute approximate surface area is 120 Å². The van der Waals surface area contributed by atoms with E-state index in [0.29, 0.717) is 6.17 Å². The lowest BCUT2D eigenvalue weighted by atomic mass is 10.1. The predicted molar refractivity (Wildman–Crippen MR) is 84.9 cm³/mol. The summed E-state index contributed by atoms with van der Waals surface area (Å²) in [6, 6.07) is 0. The Morgan fingerprint density at radius 3 is 1.95 bits per heavy atom. The summed E-state index contributed by atoms with van der Waals surface area (Å²) in [5.74, 6) is 0. The summed E-state index contributed by atoms with van der Waals surface area (Å²) < 4.78 is 0. The van der Waals surface area contributed by atoms with Crippen LogP contribution in [0, 0.1) is 0 Å². The van der Waals surface area contributed by atoms with E-state index in [1.54, 1.807) is 0 Å². The Bertz CT molecular complexity index is 237. The molecule has 1 heterocycles. The quantitative estimate of drug-likeness (QED) is 0.487. The van der Waals surface area contributed by atoms with Crippen molar-refractivity contribution in [3.05, 3.63) is 12.4 Å². The lowest BCUT2D eigenvalue weighted by Gasteiger charge is -2.33. The molecule has 112 valence electrons. The summed E-state index contributed by atoms with van der Waals surface area (Å²) in [5, 5.41) is 0. The molecule has 1 atom stereocenters. The van der Waals surface area contributed by atoms with Crippen LogP contribution in [0.25, 0.3) is 0 Å². The van der Waals surface area contributed by atoms with Gasteiger partial charge >= 0.3 is 0 Å². The third kappa shape index (κ3) is 5.88. The maximum atomic E-state index is 2.58. The molecular weight excluding hydrogens is 232 g/mol. The fourth-order valence-electron chi connectivity index (χ4n) is 2.90. The van der Waals surface area contributed by atoms with E-state index < -0.39 is 0 Å². The molecule has 0 aromatic heterocycles. The van der Waals surface area contributed by atoms with Crippen LogP contribution in [0.15, 0.2) is 12.4 Å². The highest BCUT2D eigenvalue weighted by molar-refractivity contribution is 4.96. The molecule has 0 aromatic carbocycles. The van der Waals surface area contributed by atoms with Crippen molar-refractivity contribution in [1.29, 1.82) is 0 Å². The Morgan fingerprint density at radius 2 is 1.32 bits per heavy atom. The molecule has 2 heteroatoms. The molecule has 1 aliphatic rings. The molecule has 0 aromatic rings. The van der Waals surface area contributed by atoms with E-state index >= 15 is 0 Å². The van der Waals surface area contributed by atoms with E-state index in [-0.39, 0.29) is 0 Å². The summed E-state index contributed by atoms with van der Waals surface area (Å²) in [5.41, 5.74) is 0. The molecule has 1 unspecified atom stereocenters. The van der Waals surface area contributed by atoms with E-state index in [4.69, 9.17) is 0 Å². The monoisotopic (exact) mass is 266 g/mol. The molecular formula is C17H34N2. The van der Waals surface area contributed by atoms with Gasteiger partial charge in [0, 0.05) is 25.5 Å². The first-order valence-corrected chi connectivity index (χ1v) is 8.53. The normalized spacial score (nSPS) is 18.6. The molecule has 0 N–H and O–H groups in total. The number of hydrogen-bond acceptors (Lipinski definition) is 2. The van der Waals surface area contributed by atoms with Crippen LogP contribution in [-0.2, 0) is 0 Å². The maximum Gasteiger partial charge on any atom is 0.101 e. The van der Waals surface area contributed by atoms with Gasteiger partial charge in [0.2, 0.25) is 0 Å². The number of unbranched alkanes of at least 4 members (excludes halogenated alkanes) is 5. The van der Waals surface area contributed by atoms with Crippen molar-refractivity contribution < 1.29 is 0 Å². The minimum Gasteiger partial charge on any atom is -0.356 e. The average Bonchev–Trinajstić information content (AvgIpc) is 2.78. The first kappa shape index (κ1) is 16.4. The van der Waals surface area contributed by atoms with Gasteiger partial charge in [0.1, 0.15) is 6.17 Å².